The molecule has 0 bridgehead atoms. The Morgan fingerprint density at radius 2 is 1.71 bits per heavy atom. The number of aldehydes is 1. The molecule has 2 N–H and O–H groups in total. The summed E-state index contributed by atoms with van der Waals surface area (Å²) in [5.41, 5.74) is 0. The topological polar surface area (TPSA) is 57.5 Å². The molecule has 1 saturated carbocycles. The van der Waals surface area contributed by atoms with Crippen molar-refractivity contribution in [1.29, 1.82) is 0 Å². The second-order valence-electron chi connectivity index (χ2n) is 4.19. The largest absolute Gasteiger partial charge is 0.390 e. The van der Waals surface area contributed by atoms with Gasteiger partial charge in [-0.15, -0.1) is 0 Å². The highest BCUT2D eigenvalue weighted by Gasteiger charge is 2.28. The third-order valence-electron chi connectivity index (χ3n) is 2.76. The van der Waals surface area contributed by atoms with Crippen molar-refractivity contribution in [2.24, 2.45) is 11.8 Å². The minimum atomic E-state index is -0.476. The number of carbonyl (C=O) groups excluding carboxylic acids is 1. The Bertz CT molecular complexity index is 157. The maximum atomic E-state index is 9.35. The minimum absolute atomic E-state index is 0.468. The summed E-state index contributed by atoms with van der Waals surface area (Å²) in [5.74, 6) is 1.24. The van der Waals surface area contributed by atoms with Crippen LogP contribution in [0.1, 0.15) is 40.0 Å². The fraction of sp³-hybridized carbons (Fsp3) is 0.909. The van der Waals surface area contributed by atoms with Crippen molar-refractivity contribution in [2.75, 3.05) is 0 Å². The van der Waals surface area contributed by atoms with E-state index in [0.717, 1.165) is 25.5 Å². The monoisotopic (exact) mass is 202 g/mol. The summed E-state index contributed by atoms with van der Waals surface area (Å²) in [6.07, 6.45) is 2.42. The van der Waals surface area contributed by atoms with Gasteiger partial charge >= 0.3 is 0 Å². The summed E-state index contributed by atoms with van der Waals surface area (Å²) >= 11 is 0. The van der Waals surface area contributed by atoms with E-state index in [4.69, 9.17) is 4.79 Å². The van der Waals surface area contributed by atoms with Crippen molar-refractivity contribution in [2.45, 2.75) is 52.2 Å². The first-order chi connectivity index (χ1) is 6.52. The molecule has 0 spiro atoms. The summed E-state index contributed by atoms with van der Waals surface area (Å²) < 4.78 is 0. The first-order valence-electron chi connectivity index (χ1n) is 5.28. The number of carbonyl (C=O) groups is 1. The van der Waals surface area contributed by atoms with Gasteiger partial charge in [0.2, 0.25) is 0 Å². The van der Waals surface area contributed by atoms with Crippen molar-refractivity contribution in [3.05, 3.63) is 0 Å². The number of hydrogen-bond acceptors (Lipinski definition) is 3. The van der Waals surface area contributed by atoms with E-state index in [1.165, 1.54) is 6.92 Å². The van der Waals surface area contributed by atoms with Crippen LogP contribution in [0.5, 0.6) is 0 Å². The molecule has 14 heavy (non-hydrogen) atoms. The quantitative estimate of drug-likeness (QED) is 0.631. The summed E-state index contributed by atoms with van der Waals surface area (Å²) in [5, 5.41) is 18.6. The molecule has 0 aliphatic heterocycles. The average Bonchev–Trinajstić information content (AvgIpc) is 2.10. The smallest absolute Gasteiger partial charge is 0.116 e. The van der Waals surface area contributed by atoms with Gasteiger partial charge in [-0.3, -0.25) is 0 Å². The standard InChI is InChI=1S/C9H18O2.C2H4O/c1-6(2)7-3-4-8(10)9(11)5-7;1-2-3/h6-11H,3-5H2,1-2H3;2H,1H3. The summed E-state index contributed by atoms with van der Waals surface area (Å²) in [4.78, 5) is 8.81. The lowest BCUT2D eigenvalue weighted by Gasteiger charge is -2.32. The van der Waals surface area contributed by atoms with Crippen molar-refractivity contribution in [3.8, 4) is 0 Å². The van der Waals surface area contributed by atoms with Gasteiger partial charge in [-0.25, -0.2) is 0 Å². The van der Waals surface area contributed by atoms with E-state index >= 15 is 0 Å². The molecule has 84 valence electrons. The molecule has 3 atom stereocenters. The van der Waals surface area contributed by atoms with Crippen LogP contribution in [0, 0.1) is 11.8 Å². The molecule has 1 aliphatic rings. The van der Waals surface area contributed by atoms with Crippen LogP contribution in [0.2, 0.25) is 0 Å². The van der Waals surface area contributed by atoms with Gasteiger partial charge < -0.3 is 15.0 Å². The number of aliphatic hydroxyl groups excluding tert-OH is 2. The maximum Gasteiger partial charge on any atom is 0.116 e. The fourth-order valence-corrected chi connectivity index (χ4v) is 1.77. The van der Waals surface area contributed by atoms with Gasteiger partial charge in [0.1, 0.15) is 6.29 Å². The van der Waals surface area contributed by atoms with Gasteiger partial charge in [-0.05, 0) is 38.0 Å². The number of hydrogen-bond donors (Lipinski definition) is 2. The van der Waals surface area contributed by atoms with Crippen LogP contribution < -0.4 is 0 Å². The highest BCUT2D eigenvalue weighted by Crippen LogP contribution is 2.29. The Morgan fingerprint density at radius 3 is 2.07 bits per heavy atom. The first-order valence-corrected chi connectivity index (χ1v) is 5.28. The Labute approximate surface area is 86.1 Å². The van der Waals surface area contributed by atoms with E-state index in [9.17, 15) is 10.2 Å². The van der Waals surface area contributed by atoms with E-state index in [2.05, 4.69) is 13.8 Å². The second-order valence-corrected chi connectivity index (χ2v) is 4.19. The highest BCUT2D eigenvalue weighted by molar-refractivity contribution is 5.44. The molecule has 3 unspecified atom stereocenters. The van der Waals surface area contributed by atoms with Gasteiger partial charge in [-0.1, -0.05) is 13.8 Å². The molecule has 0 aromatic rings. The third-order valence-corrected chi connectivity index (χ3v) is 2.76. The molecular formula is C11H22O3. The zero-order chi connectivity index (χ0) is 11.1. The van der Waals surface area contributed by atoms with E-state index in [1.807, 2.05) is 0 Å². The van der Waals surface area contributed by atoms with Crippen LogP contribution >= 0.6 is 0 Å². The minimum Gasteiger partial charge on any atom is -0.390 e. The Hall–Kier alpha value is -0.410. The Balaban J connectivity index is 0.000000500. The van der Waals surface area contributed by atoms with Crippen LogP contribution in [-0.4, -0.2) is 28.7 Å². The Morgan fingerprint density at radius 1 is 1.21 bits per heavy atom. The van der Waals surface area contributed by atoms with Gasteiger partial charge in [-0.2, -0.15) is 0 Å². The normalized spacial score (nSPS) is 32.0. The van der Waals surface area contributed by atoms with Crippen LogP contribution in [0.4, 0.5) is 0 Å². The van der Waals surface area contributed by atoms with E-state index in [1.54, 1.807) is 0 Å². The zero-order valence-electron chi connectivity index (χ0n) is 9.31. The maximum absolute atomic E-state index is 9.35. The van der Waals surface area contributed by atoms with E-state index in [-0.39, 0.29) is 0 Å². The molecule has 0 saturated heterocycles. The fourth-order valence-electron chi connectivity index (χ4n) is 1.77. The lowest BCUT2D eigenvalue weighted by atomic mass is 9.79. The van der Waals surface area contributed by atoms with Crippen LogP contribution in [0.25, 0.3) is 0 Å². The van der Waals surface area contributed by atoms with Gasteiger partial charge in [0.25, 0.3) is 0 Å². The SMILES string of the molecule is CC(C)C1CCC(O)C(O)C1.CC=O. The van der Waals surface area contributed by atoms with Crippen molar-refractivity contribution in [3.63, 3.8) is 0 Å². The van der Waals surface area contributed by atoms with Crippen molar-refractivity contribution < 1.29 is 15.0 Å². The highest BCUT2D eigenvalue weighted by atomic mass is 16.3. The van der Waals surface area contributed by atoms with Gasteiger partial charge in [0, 0.05) is 0 Å². The second kappa shape index (κ2) is 6.96. The molecule has 3 heteroatoms. The molecule has 0 radical (unpaired) electrons. The molecule has 0 heterocycles. The molecule has 1 rings (SSSR count). The number of aliphatic hydroxyl groups is 2. The summed E-state index contributed by atoms with van der Waals surface area (Å²) in [7, 11) is 0. The zero-order valence-corrected chi connectivity index (χ0v) is 9.31. The van der Waals surface area contributed by atoms with Crippen LogP contribution in [0.15, 0.2) is 0 Å². The lowest BCUT2D eigenvalue weighted by molar-refractivity contribution is -0.106. The predicted molar refractivity (Wildman–Crippen MR) is 55.9 cm³/mol. The molecule has 0 aromatic carbocycles. The molecule has 0 aromatic heterocycles. The average molecular weight is 202 g/mol. The van der Waals surface area contributed by atoms with Gasteiger partial charge in [0.15, 0.2) is 0 Å². The molecule has 1 fully saturated rings. The number of rotatable bonds is 1. The Kier molecular flexibility index (Phi) is 6.75. The molecule has 1 aliphatic carbocycles. The summed E-state index contributed by atoms with van der Waals surface area (Å²) in [6.45, 7) is 5.80. The van der Waals surface area contributed by atoms with Gasteiger partial charge in [0.05, 0.1) is 12.2 Å². The van der Waals surface area contributed by atoms with E-state index < -0.39 is 12.2 Å². The predicted octanol–water partition coefficient (Wildman–Crippen LogP) is 1.37. The first kappa shape index (κ1) is 13.6. The van der Waals surface area contributed by atoms with Crippen LogP contribution in [0.3, 0.4) is 0 Å². The lowest BCUT2D eigenvalue weighted by Crippen LogP contribution is -2.35. The van der Waals surface area contributed by atoms with Crippen LogP contribution in [-0.2, 0) is 4.79 Å². The molecule has 0 amide bonds. The molecular weight excluding hydrogens is 180 g/mol. The third kappa shape index (κ3) is 4.72. The van der Waals surface area contributed by atoms with E-state index in [0.29, 0.717) is 11.8 Å². The molecule has 3 nitrogen and oxygen atoms in total. The summed E-state index contributed by atoms with van der Waals surface area (Å²) in [6, 6.07) is 0. The van der Waals surface area contributed by atoms with Crippen molar-refractivity contribution in [1.82, 2.24) is 0 Å². The van der Waals surface area contributed by atoms with Crippen molar-refractivity contribution >= 4 is 6.29 Å².